The Morgan fingerprint density at radius 3 is 2.94 bits per heavy atom. The Kier molecular flexibility index (Phi) is 4.25. The predicted molar refractivity (Wildman–Crippen MR) is 73.0 cm³/mol. The quantitative estimate of drug-likeness (QED) is 0.783. The Morgan fingerprint density at radius 1 is 1.28 bits per heavy atom. The van der Waals surface area contributed by atoms with Crippen molar-refractivity contribution in [2.45, 2.75) is 19.9 Å². The van der Waals surface area contributed by atoms with Gasteiger partial charge in [0.1, 0.15) is 11.6 Å². The summed E-state index contributed by atoms with van der Waals surface area (Å²) in [4.78, 5) is 8.28. The number of nitrogen functional groups attached to an aromatic ring is 1. The van der Waals surface area contributed by atoms with E-state index in [2.05, 4.69) is 46.5 Å². The molecular formula is C14H18N4. The summed E-state index contributed by atoms with van der Waals surface area (Å²) in [5.41, 5.74) is 8.23. The number of anilines is 1. The fourth-order valence-electron chi connectivity index (χ4n) is 1.80. The lowest BCUT2D eigenvalue weighted by Crippen LogP contribution is -2.18. The number of hydrogen-bond acceptors (Lipinski definition) is 4. The largest absolute Gasteiger partial charge is 0.384 e. The summed E-state index contributed by atoms with van der Waals surface area (Å²) >= 11 is 0. The SMILES string of the molecule is Cc1cccc(CCNCc2nccc(N)n2)c1. The molecule has 2 aromatic rings. The van der Waals surface area contributed by atoms with Gasteiger partial charge >= 0.3 is 0 Å². The van der Waals surface area contributed by atoms with Gasteiger partial charge in [0.2, 0.25) is 0 Å². The van der Waals surface area contributed by atoms with Gasteiger partial charge in [0.25, 0.3) is 0 Å². The van der Waals surface area contributed by atoms with Crippen molar-refractivity contribution < 1.29 is 0 Å². The summed E-state index contributed by atoms with van der Waals surface area (Å²) in [6, 6.07) is 10.2. The topological polar surface area (TPSA) is 63.8 Å². The second kappa shape index (κ2) is 6.12. The number of rotatable bonds is 5. The first-order valence-corrected chi connectivity index (χ1v) is 6.08. The molecule has 0 bridgehead atoms. The van der Waals surface area contributed by atoms with E-state index in [0.29, 0.717) is 12.4 Å². The first-order valence-electron chi connectivity index (χ1n) is 6.08. The molecule has 3 N–H and O–H groups in total. The van der Waals surface area contributed by atoms with Gasteiger partial charge in [0.15, 0.2) is 0 Å². The van der Waals surface area contributed by atoms with Gasteiger partial charge in [-0.25, -0.2) is 9.97 Å². The van der Waals surface area contributed by atoms with Crippen molar-refractivity contribution in [2.24, 2.45) is 0 Å². The molecule has 0 amide bonds. The molecule has 0 fully saturated rings. The smallest absolute Gasteiger partial charge is 0.144 e. The summed E-state index contributed by atoms with van der Waals surface area (Å²) in [6.45, 7) is 3.66. The third kappa shape index (κ3) is 3.82. The molecule has 18 heavy (non-hydrogen) atoms. The molecule has 0 saturated carbocycles. The molecule has 1 heterocycles. The normalized spacial score (nSPS) is 10.5. The van der Waals surface area contributed by atoms with E-state index in [4.69, 9.17) is 5.73 Å². The maximum Gasteiger partial charge on any atom is 0.144 e. The van der Waals surface area contributed by atoms with Crippen LogP contribution in [0.1, 0.15) is 17.0 Å². The van der Waals surface area contributed by atoms with Gasteiger partial charge in [-0.05, 0) is 31.5 Å². The fraction of sp³-hybridized carbons (Fsp3) is 0.286. The first kappa shape index (κ1) is 12.5. The Labute approximate surface area is 107 Å². The predicted octanol–water partition coefficient (Wildman–Crippen LogP) is 1.70. The van der Waals surface area contributed by atoms with Gasteiger partial charge in [-0.3, -0.25) is 0 Å². The zero-order chi connectivity index (χ0) is 12.8. The number of nitrogens with zero attached hydrogens (tertiary/aromatic N) is 2. The van der Waals surface area contributed by atoms with Crippen LogP contribution in [-0.2, 0) is 13.0 Å². The second-order valence-electron chi connectivity index (χ2n) is 4.31. The lowest BCUT2D eigenvalue weighted by molar-refractivity contribution is 0.660. The molecule has 2 rings (SSSR count). The minimum Gasteiger partial charge on any atom is -0.384 e. The van der Waals surface area contributed by atoms with Crippen LogP contribution in [0.5, 0.6) is 0 Å². The molecule has 0 radical (unpaired) electrons. The van der Waals surface area contributed by atoms with E-state index in [9.17, 15) is 0 Å². The maximum absolute atomic E-state index is 5.59. The third-order valence-electron chi connectivity index (χ3n) is 2.68. The Bertz CT molecular complexity index is 463. The van der Waals surface area contributed by atoms with Crippen LogP contribution in [0.15, 0.2) is 36.5 Å². The third-order valence-corrected chi connectivity index (χ3v) is 2.68. The molecule has 0 saturated heterocycles. The van der Waals surface area contributed by atoms with Crippen LogP contribution in [0.3, 0.4) is 0 Å². The summed E-state index contributed by atoms with van der Waals surface area (Å²) < 4.78 is 0. The zero-order valence-corrected chi connectivity index (χ0v) is 10.6. The molecule has 4 heteroatoms. The molecule has 0 aliphatic carbocycles. The summed E-state index contributed by atoms with van der Waals surface area (Å²) in [6.07, 6.45) is 2.68. The molecular weight excluding hydrogens is 224 g/mol. The van der Waals surface area contributed by atoms with Crippen molar-refractivity contribution in [1.82, 2.24) is 15.3 Å². The summed E-state index contributed by atoms with van der Waals surface area (Å²) in [5, 5.41) is 3.32. The average molecular weight is 242 g/mol. The van der Waals surface area contributed by atoms with Gasteiger partial charge in [-0.1, -0.05) is 29.8 Å². The van der Waals surface area contributed by atoms with Crippen LogP contribution in [0.25, 0.3) is 0 Å². The van der Waals surface area contributed by atoms with Crippen LogP contribution in [0, 0.1) is 6.92 Å². The summed E-state index contributed by atoms with van der Waals surface area (Å²) in [7, 11) is 0. The highest BCUT2D eigenvalue weighted by atomic mass is 15.0. The Hall–Kier alpha value is -1.94. The molecule has 94 valence electrons. The lowest BCUT2D eigenvalue weighted by Gasteiger charge is -2.05. The lowest BCUT2D eigenvalue weighted by atomic mass is 10.1. The standard InChI is InChI=1S/C14H18N4/c1-11-3-2-4-12(9-11)5-7-16-10-14-17-8-6-13(15)18-14/h2-4,6,8-9,16H,5,7,10H2,1H3,(H2,15,17,18). The number of benzene rings is 1. The van der Waals surface area contributed by atoms with Crippen molar-refractivity contribution in [3.05, 3.63) is 53.5 Å². The molecule has 0 aliphatic heterocycles. The van der Waals surface area contributed by atoms with Crippen molar-refractivity contribution >= 4 is 5.82 Å². The molecule has 1 aromatic heterocycles. The van der Waals surface area contributed by atoms with Crippen molar-refractivity contribution in [3.63, 3.8) is 0 Å². The van der Waals surface area contributed by atoms with Crippen molar-refractivity contribution in [3.8, 4) is 0 Å². The van der Waals surface area contributed by atoms with Gasteiger partial charge in [0.05, 0.1) is 6.54 Å². The van der Waals surface area contributed by atoms with E-state index in [-0.39, 0.29) is 0 Å². The Balaban J connectivity index is 1.76. The van der Waals surface area contributed by atoms with Crippen LogP contribution in [-0.4, -0.2) is 16.5 Å². The van der Waals surface area contributed by atoms with E-state index in [0.717, 1.165) is 18.8 Å². The molecule has 0 atom stereocenters. The molecule has 0 aliphatic rings. The minimum absolute atomic E-state index is 0.514. The highest BCUT2D eigenvalue weighted by Gasteiger charge is 1.97. The second-order valence-corrected chi connectivity index (χ2v) is 4.31. The minimum atomic E-state index is 0.514. The van der Waals surface area contributed by atoms with Gasteiger partial charge in [-0.15, -0.1) is 0 Å². The van der Waals surface area contributed by atoms with Gasteiger partial charge in [-0.2, -0.15) is 0 Å². The van der Waals surface area contributed by atoms with E-state index >= 15 is 0 Å². The Morgan fingerprint density at radius 2 is 2.17 bits per heavy atom. The zero-order valence-electron chi connectivity index (χ0n) is 10.6. The highest BCUT2D eigenvalue weighted by molar-refractivity contribution is 5.25. The molecule has 1 aromatic carbocycles. The number of hydrogen-bond donors (Lipinski definition) is 2. The average Bonchev–Trinajstić information content (AvgIpc) is 2.35. The summed E-state index contributed by atoms with van der Waals surface area (Å²) in [5.74, 6) is 1.25. The number of aromatic nitrogens is 2. The van der Waals surface area contributed by atoms with E-state index in [1.54, 1.807) is 12.3 Å². The molecule has 0 spiro atoms. The highest BCUT2D eigenvalue weighted by Crippen LogP contribution is 2.04. The van der Waals surface area contributed by atoms with E-state index in [1.807, 2.05) is 0 Å². The molecule has 0 unspecified atom stereocenters. The van der Waals surface area contributed by atoms with E-state index in [1.165, 1.54) is 11.1 Å². The monoisotopic (exact) mass is 242 g/mol. The molecule has 4 nitrogen and oxygen atoms in total. The van der Waals surface area contributed by atoms with E-state index < -0.39 is 0 Å². The number of nitrogens with one attached hydrogen (secondary N) is 1. The van der Waals surface area contributed by atoms with Crippen LogP contribution in [0.4, 0.5) is 5.82 Å². The first-order chi connectivity index (χ1) is 8.74. The van der Waals surface area contributed by atoms with Crippen LogP contribution < -0.4 is 11.1 Å². The van der Waals surface area contributed by atoms with Gasteiger partial charge < -0.3 is 11.1 Å². The van der Waals surface area contributed by atoms with Crippen molar-refractivity contribution in [2.75, 3.05) is 12.3 Å². The van der Waals surface area contributed by atoms with Gasteiger partial charge in [0, 0.05) is 6.20 Å². The fourth-order valence-corrected chi connectivity index (χ4v) is 1.80. The maximum atomic E-state index is 5.59. The number of nitrogens with two attached hydrogens (primary N) is 1. The number of aryl methyl sites for hydroxylation is 1. The van der Waals surface area contributed by atoms with Crippen LogP contribution in [0.2, 0.25) is 0 Å². The van der Waals surface area contributed by atoms with Crippen molar-refractivity contribution in [1.29, 1.82) is 0 Å². The van der Waals surface area contributed by atoms with Crippen LogP contribution >= 0.6 is 0 Å².